The van der Waals surface area contributed by atoms with Gasteiger partial charge in [0.1, 0.15) is 11.6 Å². The molecule has 5 rings (SSSR count). The van der Waals surface area contributed by atoms with Crippen LogP contribution in [0.5, 0.6) is 0 Å². The normalized spacial score (nSPS) is 16.3. The Hall–Kier alpha value is -3.51. The lowest BCUT2D eigenvalue weighted by Gasteiger charge is -2.32. The van der Waals surface area contributed by atoms with Gasteiger partial charge in [0.25, 0.3) is 0 Å². The predicted octanol–water partition coefficient (Wildman–Crippen LogP) is 4.84. The highest BCUT2D eigenvalue weighted by Gasteiger charge is 2.18. The number of aromatic nitrogens is 3. The number of pyridine rings is 3. The number of anilines is 2. The van der Waals surface area contributed by atoms with Crippen LogP contribution in [0.25, 0.3) is 21.9 Å². The third-order valence-electron chi connectivity index (χ3n) is 5.84. The molecule has 4 heterocycles. The summed E-state index contributed by atoms with van der Waals surface area (Å²) in [7, 11) is 0. The number of hydrogen-bond donors (Lipinski definition) is 1. The average molecular weight is 426 g/mol. The highest BCUT2D eigenvalue weighted by molar-refractivity contribution is 5.92. The van der Waals surface area contributed by atoms with Crippen molar-refractivity contribution >= 4 is 22.4 Å². The summed E-state index contributed by atoms with van der Waals surface area (Å²) in [5.41, 5.74) is 4.60. The lowest BCUT2D eigenvalue weighted by molar-refractivity contribution is 0.0529. The van der Waals surface area contributed by atoms with E-state index in [2.05, 4.69) is 63.5 Å². The number of morpholine rings is 1. The first-order valence-electron chi connectivity index (χ1n) is 11.0. The molecule has 1 fully saturated rings. The van der Waals surface area contributed by atoms with Gasteiger partial charge in [0.05, 0.1) is 12.7 Å². The second-order valence-corrected chi connectivity index (χ2v) is 8.29. The standard InChI is InChI=1S/C26H27N5O/c1-18-13-22(7-9-27-18)21-5-3-20(4-6-21)15-30-26-24-16-29-25(14-23(24)8-10-28-26)31-11-12-32-19(2)17-31/h3-10,13-14,16,19H,11-12,15,17H2,1-2H3,(H,28,30)/t19-/m1/s1. The van der Waals surface area contributed by atoms with E-state index in [0.717, 1.165) is 47.8 Å². The number of hydrogen-bond acceptors (Lipinski definition) is 6. The molecule has 0 aliphatic carbocycles. The fraction of sp³-hybridized carbons (Fsp3) is 0.269. The van der Waals surface area contributed by atoms with Crippen LogP contribution < -0.4 is 10.2 Å². The zero-order valence-electron chi connectivity index (χ0n) is 18.5. The second-order valence-electron chi connectivity index (χ2n) is 8.29. The second kappa shape index (κ2) is 8.93. The van der Waals surface area contributed by atoms with Crippen LogP contribution in [0, 0.1) is 6.92 Å². The molecule has 0 radical (unpaired) electrons. The Bertz CT molecular complexity index is 1220. The van der Waals surface area contributed by atoms with Gasteiger partial charge in [-0.2, -0.15) is 0 Å². The van der Waals surface area contributed by atoms with Crippen LogP contribution in [0.15, 0.2) is 67.1 Å². The van der Waals surface area contributed by atoms with Crippen molar-refractivity contribution in [1.82, 2.24) is 15.0 Å². The van der Waals surface area contributed by atoms with Crippen molar-refractivity contribution in [3.8, 4) is 11.1 Å². The molecule has 1 saturated heterocycles. The fourth-order valence-electron chi connectivity index (χ4n) is 4.12. The van der Waals surface area contributed by atoms with Crippen LogP contribution in [-0.2, 0) is 11.3 Å². The van der Waals surface area contributed by atoms with E-state index in [9.17, 15) is 0 Å². The lowest BCUT2D eigenvalue weighted by atomic mass is 10.0. The Morgan fingerprint density at radius 1 is 1.00 bits per heavy atom. The first-order chi connectivity index (χ1) is 15.7. The minimum atomic E-state index is 0.227. The maximum absolute atomic E-state index is 5.66. The molecule has 162 valence electrons. The number of fused-ring (bicyclic) bond motifs is 1. The van der Waals surface area contributed by atoms with Gasteiger partial charge in [-0.25, -0.2) is 9.97 Å². The van der Waals surface area contributed by atoms with Crippen LogP contribution in [0.4, 0.5) is 11.6 Å². The van der Waals surface area contributed by atoms with Crippen molar-refractivity contribution < 1.29 is 4.74 Å². The molecule has 1 N–H and O–H groups in total. The Morgan fingerprint density at radius 2 is 1.84 bits per heavy atom. The van der Waals surface area contributed by atoms with Gasteiger partial charge in [-0.05, 0) is 60.2 Å². The number of rotatable bonds is 5. The highest BCUT2D eigenvalue weighted by atomic mass is 16.5. The van der Waals surface area contributed by atoms with E-state index in [-0.39, 0.29) is 6.10 Å². The minimum absolute atomic E-state index is 0.227. The molecule has 6 heteroatoms. The smallest absolute Gasteiger partial charge is 0.135 e. The maximum atomic E-state index is 5.66. The van der Waals surface area contributed by atoms with E-state index >= 15 is 0 Å². The number of ether oxygens (including phenoxy) is 1. The van der Waals surface area contributed by atoms with E-state index in [1.165, 1.54) is 16.7 Å². The first kappa shape index (κ1) is 20.4. The highest BCUT2D eigenvalue weighted by Crippen LogP contribution is 2.26. The van der Waals surface area contributed by atoms with Crippen LogP contribution in [0.1, 0.15) is 18.2 Å². The van der Waals surface area contributed by atoms with Crippen LogP contribution in [0.3, 0.4) is 0 Å². The van der Waals surface area contributed by atoms with Crippen molar-refractivity contribution in [3.05, 3.63) is 78.4 Å². The molecule has 0 spiro atoms. The average Bonchev–Trinajstić information content (AvgIpc) is 2.82. The fourth-order valence-corrected chi connectivity index (χ4v) is 4.12. The van der Waals surface area contributed by atoms with Gasteiger partial charge >= 0.3 is 0 Å². The van der Waals surface area contributed by atoms with E-state index in [0.29, 0.717) is 6.54 Å². The monoisotopic (exact) mass is 425 g/mol. The molecule has 1 aliphatic rings. The first-order valence-corrected chi connectivity index (χ1v) is 11.0. The zero-order valence-corrected chi connectivity index (χ0v) is 18.5. The molecule has 1 aliphatic heterocycles. The van der Waals surface area contributed by atoms with Crippen LogP contribution >= 0.6 is 0 Å². The molecule has 0 bridgehead atoms. The zero-order chi connectivity index (χ0) is 21.9. The van der Waals surface area contributed by atoms with E-state index < -0.39 is 0 Å². The molecule has 6 nitrogen and oxygen atoms in total. The number of nitrogens with one attached hydrogen (secondary N) is 1. The van der Waals surface area contributed by atoms with Crippen molar-refractivity contribution in [3.63, 3.8) is 0 Å². The molecule has 0 saturated carbocycles. The van der Waals surface area contributed by atoms with Crippen molar-refractivity contribution in [2.75, 3.05) is 29.9 Å². The third-order valence-corrected chi connectivity index (χ3v) is 5.84. The van der Waals surface area contributed by atoms with Gasteiger partial charge in [0, 0.05) is 49.3 Å². The molecule has 32 heavy (non-hydrogen) atoms. The van der Waals surface area contributed by atoms with Gasteiger partial charge in [-0.3, -0.25) is 4.98 Å². The Morgan fingerprint density at radius 3 is 2.66 bits per heavy atom. The summed E-state index contributed by atoms with van der Waals surface area (Å²) in [6, 6.07) is 16.9. The van der Waals surface area contributed by atoms with Gasteiger partial charge in [-0.1, -0.05) is 24.3 Å². The van der Waals surface area contributed by atoms with Gasteiger partial charge in [0.2, 0.25) is 0 Å². The summed E-state index contributed by atoms with van der Waals surface area (Å²) in [6.07, 6.45) is 5.86. The van der Waals surface area contributed by atoms with E-state index in [1.54, 1.807) is 0 Å². The summed E-state index contributed by atoms with van der Waals surface area (Å²) in [5.74, 6) is 1.84. The van der Waals surface area contributed by atoms with E-state index in [1.807, 2.05) is 37.6 Å². The Labute approximate surface area is 188 Å². The summed E-state index contributed by atoms with van der Waals surface area (Å²) >= 11 is 0. The molecule has 0 amide bonds. The predicted molar refractivity (Wildman–Crippen MR) is 129 cm³/mol. The van der Waals surface area contributed by atoms with Gasteiger partial charge in [-0.15, -0.1) is 0 Å². The quantitative estimate of drug-likeness (QED) is 0.494. The Balaban J connectivity index is 1.31. The molecular weight excluding hydrogens is 398 g/mol. The van der Waals surface area contributed by atoms with Crippen molar-refractivity contribution in [2.24, 2.45) is 0 Å². The van der Waals surface area contributed by atoms with Crippen LogP contribution in [0.2, 0.25) is 0 Å². The SMILES string of the molecule is Cc1cc(-c2ccc(CNc3nccc4cc(N5CCO[C@H](C)C5)ncc34)cc2)ccn1. The van der Waals surface area contributed by atoms with Crippen molar-refractivity contribution in [2.45, 2.75) is 26.5 Å². The molecule has 4 aromatic rings. The molecule has 3 aromatic heterocycles. The topological polar surface area (TPSA) is 63.2 Å². The summed E-state index contributed by atoms with van der Waals surface area (Å²) in [5, 5.41) is 5.65. The van der Waals surface area contributed by atoms with Crippen LogP contribution in [-0.4, -0.2) is 40.8 Å². The van der Waals surface area contributed by atoms with Gasteiger partial charge in [0.15, 0.2) is 0 Å². The summed E-state index contributed by atoms with van der Waals surface area (Å²) in [4.78, 5) is 15.8. The number of benzene rings is 1. The maximum Gasteiger partial charge on any atom is 0.135 e. The number of nitrogens with zero attached hydrogens (tertiary/aromatic N) is 4. The van der Waals surface area contributed by atoms with Gasteiger partial charge < -0.3 is 15.0 Å². The number of aryl methyl sites for hydroxylation is 1. The molecular formula is C26H27N5O. The summed E-state index contributed by atoms with van der Waals surface area (Å²) in [6.45, 7) is 7.29. The molecule has 1 aromatic carbocycles. The third kappa shape index (κ3) is 4.41. The molecule has 0 unspecified atom stereocenters. The molecule has 1 atom stereocenters. The minimum Gasteiger partial charge on any atom is -0.375 e. The summed E-state index contributed by atoms with van der Waals surface area (Å²) < 4.78 is 5.66. The largest absolute Gasteiger partial charge is 0.375 e. The Kier molecular flexibility index (Phi) is 5.69. The lowest BCUT2D eigenvalue weighted by Crippen LogP contribution is -2.41. The van der Waals surface area contributed by atoms with E-state index in [4.69, 9.17) is 9.72 Å². The van der Waals surface area contributed by atoms with Crippen molar-refractivity contribution in [1.29, 1.82) is 0 Å².